The second kappa shape index (κ2) is 7.91. The van der Waals surface area contributed by atoms with Crippen molar-refractivity contribution in [3.63, 3.8) is 0 Å². The summed E-state index contributed by atoms with van der Waals surface area (Å²) in [6.07, 6.45) is 9.86. The van der Waals surface area contributed by atoms with Crippen molar-refractivity contribution in [1.29, 1.82) is 0 Å². The van der Waals surface area contributed by atoms with Gasteiger partial charge in [-0.05, 0) is 43.4 Å². The minimum atomic E-state index is -0.508. The lowest BCUT2D eigenvalue weighted by atomic mass is 9.91. The van der Waals surface area contributed by atoms with E-state index in [1.807, 2.05) is 34.1 Å². The standard InChI is InChI=1S/C22H30N2O3/c1-27-19-13-7-8-16(14-19)21-22(26)23(17-9-3-2-4-10-17)15-20(25)24(21)18-11-5-6-12-18/h7-8,13-14,17-18,21H,2-6,9-12,15H2,1H3. The minimum Gasteiger partial charge on any atom is -0.497 e. The molecule has 2 aliphatic carbocycles. The molecule has 0 radical (unpaired) electrons. The number of carbonyl (C=O) groups excluding carboxylic acids is 2. The summed E-state index contributed by atoms with van der Waals surface area (Å²) in [4.78, 5) is 30.6. The number of piperazine rings is 1. The Kier molecular flexibility index (Phi) is 5.37. The van der Waals surface area contributed by atoms with E-state index in [1.165, 1.54) is 6.42 Å². The maximum absolute atomic E-state index is 13.6. The molecule has 1 atom stereocenters. The maximum Gasteiger partial charge on any atom is 0.250 e. The van der Waals surface area contributed by atoms with E-state index in [0.717, 1.165) is 62.7 Å². The predicted molar refractivity (Wildman–Crippen MR) is 103 cm³/mol. The molecular formula is C22H30N2O3. The van der Waals surface area contributed by atoms with Gasteiger partial charge in [-0.2, -0.15) is 0 Å². The third-order valence-electron chi connectivity index (χ3n) is 6.53. The number of ether oxygens (including phenoxy) is 1. The van der Waals surface area contributed by atoms with Crippen molar-refractivity contribution in [3.8, 4) is 5.75 Å². The van der Waals surface area contributed by atoms with Gasteiger partial charge in [-0.15, -0.1) is 0 Å². The summed E-state index contributed by atoms with van der Waals surface area (Å²) >= 11 is 0. The molecule has 1 aliphatic heterocycles. The number of amides is 2. The monoisotopic (exact) mass is 370 g/mol. The van der Waals surface area contributed by atoms with Gasteiger partial charge in [-0.25, -0.2) is 0 Å². The summed E-state index contributed by atoms with van der Waals surface area (Å²) in [5.41, 5.74) is 0.875. The first kappa shape index (κ1) is 18.3. The van der Waals surface area contributed by atoms with Gasteiger partial charge in [0.15, 0.2) is 0 Å². The molecule has 2 amide bonds. The first-order valence-electron chi connectivity index (χ1n) is 10.4. The number of benzene rings is 1. The van der Waals surface area contributed by atoms with Gasteiger partial charge in [0.25, 0.3) is 5.91 Å². The number of nitrogens with zero attached hydrogens (tertiary/aromatic N) is 2. The fourth-order valence-corrected chi connectivity index (χ4v) is 5.14. The molecule has 0 aromatic heterocycles. The lowest BCUT2D eigenvalue weighted by Crippen LogP contribution is -2.60. The van der Waals surface area contributed by atoms with Gasteiger partial charge in [-0.3, -0.25) is 9.59 Å². The average molecular weight is 370 g/mol. The summed E-state index contributed by atoms with van der Waals surface area (Å²) in [6, 6.07) is 7.58. The highest BCUT2D eigenvalue weighted by Gasteiger charge is 2.46. The van der Waals surface area contributed by atoms with Crippen LogP contribution < -0.4 is 4.74 Å². The average Bonchev–Trinajstić information content (AvgIpc) is 3.24. The van der Waals surface area contributed by atoms with E-state index in [2.05, 4.69) is 0 Å². The number of rotatable bonds is 4. The number of hydrogen-bond acceptors (Lipinski definition) is 3. The smallest absolute Gasteiger partial charge is 0.250 e. The molecule has 3 fully saturated rings. The van der Waals surface area contributed by atoms with Gasteiger partial charge in [0.05, 0.1) is 7.11 Å². The van der Waals surface area contributed by atoms with Gasteiger partial charge in [0, 0.05) is 12.1 Å². The van der Waals surface area contributed by atoms with Crippen LogP contribution in [0.3, 0.4) is 0 Å². The number of carbonyl (C=O) groups is 2. The Morgan fingerprint density at radius 2 is 1.59 bits per heavy atom. The normalized spacial score (nSPS) is 25.3. The highest BCUT2D eigenvalue weighted by atomic mass is 16.5. The van der Waals surface area contributed by atoms with E-state index in [0.29, 0.717) is 0 Å². The molecule has 1 aromatic carbocycles. The van der Waals surface area contributed by atoms with Crippen molar-refractivity contribution >= 4 is 11.8 Å². The van der Waals surface area contributed by atoms with Crippen molar-refractivity contribution in [1.82, 2.24) is 9.80 Å². The van der Waals surface area contributed by atoms with E-state index >= 15 is 0 Å². The van der Waals surface area contributed by atoms with Crippen LogP contribution in [0.2, 0.25) is 0 Å². The molecule has 2 saturated carbocycles. The Morgan fingerprint density at radius 3 is 2.30 bits per heavy atom. The van der Waals surface area contributed by atoms with Gasteiger partial charge in [0.1, 0.15) is 18.3 Å². The highest BCUT2D eigenvalue weighted by molar-refractivity contribution is 5.96. The molecule has 5 nitrogen and oxygen atoms in total. The molecule has 1 heterocycles. The first-order valence-corrected chi connectivity index (χ1v) is 10.4. The lowest BCUT2D eigenvalue weighted by Gasteiger charge is -2.46. The van der Waals surface area contributed by atoms with Crippen LogP contribution in [-0.4, -0.2) is 47.4 Å². The van der Waals surface area contributed by atoms with Gasteiger partial charge >= 0.3 is 0 Å². The molecule has 146 valence electrons. The van der Waals surface area contributed by atoms with E-state index in [9.17, 15) is 9.59 Å². The fourth-order valence-electron chi connectivity index (χ4n) is 5.14. The molecule has 1 aromatic rings. The van der Waals surface area contributed by atoms with Gasteiger partial charge < -0.3 is 14.5 Å². The van der Waals surface area contributed by atoms with Gasteiger partial charge in [0.2, 0.25) is 5.91 Å². The van der Waals surface area contributed by atoms with E-state index in [4.69, 9.17) is 4.74 Å². The third kappa shape index (κ3) is 3.56. The molecule has 1 saturated heterocycles. The van der Waals surface area contributed by atoms with Crippen molar-refractivity contribution in [2.75, 3.05) is 13.7 Å². The van der Waals surface area contributed by atoms with Crippen molar-refractivity contribution in [3.05, 3.63) is 29.8 Å². The van der Waals surface area contributed by atoms with E-state index in [-0.39, 0.29) is 30.4 Å². The summed E-state index contributed by atoms with van der Waals surface area (Å²) in [5.74, 6) is 0.940. The van der Waals surface area contributed by atoms with Crippen LogP contribution in [0.25, 0.3) is 0 Å². The van der Waals surface area contributed by atoms with Gasteiger partial charge in [-0.1, -0.05) is 44.2 Å². The Hall–Kier alpha value is -2.04. The molecule has 27 heavy (non-hydrogen) atoms. The van der Waals surface area contributed by atoms with Crippen LogP contribution in [0.1, 0.15) is 69.4 Å². The zero-order valence-electron chi connectivity index (χ0n) is 16.2. The second-order valence-corrected chi connectivity index (χ2v) is 8.18. The molecule has 5 heteroatoms. The van der Waals surface area contributed by atoms with Crippen LogP contribution in [0.4, 0.5) is 0 Å². The Bertz CT molecular complexity index is 693. The lowest BCUT2D eigenvalue weighted by molar-refractivity contribution is -0.161. The number of hydrogen-bond donors (Lipinski definition) is 0. The van der Waals surface area contributed by atoms with Crippen LogP contribution in [0.5, 0.6) is 5.75 Å². The maximum atomic E-state index is 13.6. The molecule has 0 N–H and O–H groups in total. The van der Waals surface area contributed by atoms with E-state index in [1.54, 1.807) is 7.11 Å². The molecule has 3 aliphatic rings. The molecule has 0 spiro atoms. The van der Waals surface area contributed by atoms with Crippen LogP contribution in [0, 0.1) is 0 Å². The largest absolute Gasteiger partial charge is 0.497 e. The summed E-state index contributed by atoms with van der Waals surface area (Å²) in [7, 11) is 1.63. The quantitative estimate of drug-likeness (QED) is 0.812. The van der Waals surface area contributed by atoms with Crippen molar-refractivity contribution in [2.24, 2.45) is 0 Å². The fraction of sp³-hybridized carbons (Fsp3) is 0.636. The molecule has 0 bridgehead atoms. The third-order valence-corrected chi connectivity index (χ3v) is 6.53. The first-order chi connectivity index (χ1) is 13.2. The number of methoxy groups -OCH3 is 1. The predicted octanol–water partition coefficient (Wildman–Crippen LogP) is 3.68. The minimum absolute atomic E-state index is 0.0988. The Labute approximate surface area is 161 Å². The van der Waals surface area contributed by atoms with E-state index < -0.39 is 6.04 Å². The van der Waals surface area contributed by atoms with Crippen LogP contribution in [-0.2, 0) is 9.59 Å². The molecule has 4 rings (SSSR count). The zero-order valence-corrected chi connectivity index (χ0v) is 16.2. The molecular weight excluding hydrogens is 340 g/mol. The zero-order chi connectivity index (χ0) is 18.8. The van der Waals surface area contributed by atoms with Crippen LogP contribution >= 0.6 is 0 Å². The summed E-state index contributed by atoms with van der Waals surface area (Å²) in [5, 5.41) is 0. The highest BCUT2D eigenvalue weighted by Crippen LogP contribution is 2.38. The second-order valence-electron chi connectivity index (χ2n) is 8.18. The molecule has 1 unspecified atom stereocenters. The summed E-state index contributed by atoms with van der Waals surface area (Å²) in [6.45, 7) is 0.250. The Balaban J connectivity index is 1.69. The topological polar surface area (TPSA) is 49.9 Å². The Morgan fingerprint density at radius 1 is 0.926 bits per heavy atom. The van der Waals surface area contributed by atoms with Crippen LogP contribution in [0.15, 0.2) is 24.3 Å². The van der Waals surface area contributed by atoms with Crippen molar-refractivity contribution < 1.29 is 14.3 Å². The SMILES string of the molecule is COc1cccc(C2C(=O)N(C3CCCCC3)CC(=O)N2C2CCCC2)c1. The van der Waals surface area contributed by atoms with Crippen molar-refractivity contribution in [2.45, 2.75) is 75.9 Å². The summed E-state index contributed by atoms with van der Waals surface area (Å²) < 4.78 is 5.38.